The highest BCUT2D eigenvalue weighted by Gasteiger charge is 2.27. The van der Waals surface area contributed by atoms with E-state index in [9.17, 15) is 24.0 Å². The highest BCUT2D eigenvalue weighted by molar-refractivity contribution is 7.17. The van der Waals surface area contributed by atoms with Gasteiger partial charge in [0.25, 0.3) is 11.8 Å². The molecule has 0 radical (unpaired) electrons. The number of aryl methyl sites for hydroxylation is 3. The van der Waals surface area contributed by atoms with Crippen LogP contribution >= 0.6 is 11.3 Å². The fraction of sp³-hybridized carbons (Fsp3) is 0.438. The minimum Gasteiger partial charge on any atom is -0.469 e. The number of nitrogens with zero attached hydrogens (tertiary/aromatic N) is 2. The van der Waals surface area contributed by atoms with Crippen molar-refractivity contribution in [3.63, 3.8) is 0 Å². The number of anilines is 2. The number of nitrogens with one attached hydrogen (secondary N) is 2. The van der Waals surface area contributed by atoms with Gasteiger partial charge in [-0.05, 0) is 116 Å². The number of ether oxygens (including phenoxy) is 2. The molecule has 1 atom stereocenters. The SMILES string of the molecule is CCC(CC)N(CCCN(C)C(=O)[C@H](C)CC(=O)OC)Cc1cccc(C(=O)Nc2sc3c(c2C(=O)Nc2ccc(CCc4ccc(C(=O)OC)cc4)cc2)CCCC3)c1. The van der Waals surface area contributed by atoms with E-state index in [0.717, 1.165) is 91.5 Å². The van der Waals surface area contributed by atoms with Crippen molar-refractivity contribution >= 4 is 51.7 Å². The zero-order valence-corrected chi connectivity index (χ0v) is 36.8. The molecule has 0 saturated heterocycles. The summed E-state index contributed by atoms with van der Waals surface area (Å²) in [6.45, 7) is 8.08. The summed E-state index contributed by atoms with van der Waals surface area (Å²) in [6.07, 6.45) is 8.08. The smallest absolute Gasteiger partial charge is 0.337 e. The van der Waals surface area contributed by atoms with Crippen LogP contribution < -0.4 is 10.6 Å². The minimum absolute atomic E-state index is 0.0582. The maximum absolute atomic E-state index is 14.0. The fourth-order valence-electron chi connectivity index (χ4n) is 7.89. The number of amides is 3. The molecule has 5 rings (SSSR count). The first kappa shape index (κ1) is 45.7. The molecule has 2 N–H and O–H groups in total. The second-order valence-electron chi connectivity index (χ2n) is 15.6. The fourth-order valence-corrected chi connectivity index (χ4v) is 9.17. The summed E-state index contributed by atoms with van der Waals surface area (Å²) >= 11 is 1.50. The Morgan fingerprint density at radius 3 is 2.08 bits per heavy atom. The van der Waals surface area contributed by atoms with Crippen molar-refractivity contribution in [2.45, 2.75) is 97.6 Å². The number of hydrogen-bond donors (Lipinski definition) is 2. The topological polar surface area (TPSA) is 134 Å². The Kier molecular flexibility index (Phi) is 17.0. The first-order valence-electron chi connectivity index (χ1n) is 21.1. The Morgan fingerprint density at radius 1 is 0.767 bits per heavy atom. The zero-order valence-electron chi connectivity index (χ0n) is 35.9. The van der Waals surface area contributed by atoms with Crippen LogP contribution in [0.3, 0.4) is 0 Å². The van der Waals surface area contributed by atoms with E-state index in [4.69, 9.17) is 9.47 Å². The molecule has 0 aliphatic heterocycles. The van der Waals surface area contributed by atoms with Gasteiger partial charge in [0.1, 0.15) is 5.00 Å². The van der Waals surface area contributed by atoms with Gasteiger partial charge in [0, 0.05) is 54.8 Å². The minimum atomic E-state index is -0.446. The van der Waals surface area contributed by atoms with Gasteiger partial charge in [0.15, 0.2) is 0 Å². The third kappa shape index (κ3) is 12.4. The van der Waals surface area contributed by atoms with E-state index < -0.39 is 11.9 Å². The summed E-state index contributed by atoms with van der Waals surface area (Å²) in [5, 5.41) is 6.79. The third-order valence-corrected chi connectivity index (χ3v) is 12.6. The number of carbonyl (C=O) groups excluding carboxylic acids is 5. The maximum Gasteiger partial charge on any atom is 0.337 e. The number of thiophene rings is 1. The van der Waals surface area contributed by atoms with E-state index in [-0.39, 0.29) is 30.1 Å². The summed E-state index contributed by atoms with van der Waals surface area (Å²) in [7, 11) is 4.47. The summed E-state index contributed by atoms with van der Waals surface area (Å²) in [5.74, 6) is -1.77. The average Bonchev–Trinajstić information content (AvgIpc) is 3.63. The quantitative estimate of drug-likeness (QED) is 0.0845. The summed E-state index contributed by atoms with van der Waals surface area (Å²) in [4.78, 5) is 69.5. The first-order valence-corrected chi connectivity index (χ1v) is 21.9. The van der Waals surface area contributed by atoms with Gasteiger partial charge in [0.05, 0.1) is 31.8 Å². The second-order valence-corrected chi connectivity index (χ2v) is 16.7. The predicted octanol–water partition coefficient (Wildman–Crippen LogP) is 8.74. The van der Waals surface area contributed by atoms with E-state index in [1.807, 2.05) is 60.7 Å². The van der Waals surface area contributed by atoms with Crippen molar-refractivity contribution in [1.82, 2.24) is 9.80 Å². The first-order chi connectivity index (χ1) is 28.9. The third-order valence-electron chi connectivity index (χ3n) is 11.4. The summed E-state index contributed by atoms with van der Waals surface area (Å²) in [6, 6.07) is 23.3. The maximum atomic E-state index is 14.0. The highest BCUT2D eigenvalue weighted by Crippen LogP contribution is 2.39. The molecule has 3 amide bonds. The molecule has 3 aromatic carbocycles. The van der Waals surface area contributed by atoms with Crippen molar-refractivity contribution in [2.24, 2.45) is 5.92 Å². The van der Waals surface area contributed by atoms with Gasteiger partial charge in [-0.1, -0.05) is 57.2 Å². The van der Waals surface area contributed by atoms with E-state index in [1.54, 1.807) is 31.0 Å². The Labute approximate surface area is 358 Å². The van der Waals surface area contributed by atoms with E-state index in [0.29, 0.717) is 46.5 Å². The number of esters is 2. The van der Waals surface area contributed by atoms with Crippen molar-refractivity contribution < 1.29 is 33.4 Å². The van der Waals surface area contributed by atoms with Crippen molar-refractivity contribution in [3.05, 3.63) is 117 Å². The van der Waals surface area contributed by atoms with Crippen LogP contribution in [0, 0.1) is 5.92 Å². The summed E-state index contributed by atoms with van der Waals surface area (Å²) < 4.78 is 9.53. The molecule has 11 nitrogen and oxygen atoms in total. The molecule has 0 bridgehead atoms. The van der Waals surface area contributed by atoms with E-state index in [1.165, 1.54) is 25.6 Å². The Bertz CT molecular complexity index is 2090. The van der Waals surface area contributed by atoms with Crippen molar-refractivity contribution in [1.29, 1.82) is 0 Å². The molecular weight excluding hydrogens is 777 g/mol. The van der Waals surface area contributed by atoms with Gasteiger partial charge in [-0.15, -0.1) is 11.3 Å². The number of hydrogen-bond acceptors (Lipinski definition) is 9. The molecule has 4 aromatic rings. The van der Waals surface area contributed by atoms with Gasteiger partial charge >= 0.3 is 11.9 Å². The average molecular weight is 837 g/mol. The van der Waals surface area contributed by atoms with Gasteiger partial charge < -0.3 is 25.0 Å². The molecule has 1 aromatic heterocycles. The van der Waals surface area contributed by atoms with Gasteiger partial charge in [-0.25, -0.2) is 4.79 Å². The van der Waals surface area contributed by atoms with E-state index in [2.05, 4.69) is 29.4 Å². The van der Waals surface area contributed by atoms with Crippen LogP contribution in [-0.2, 0) is 51.3 Å². The molecule has 1 aliphatic carbocycles. The Balaban J connectivity index is 1.22. The van der Waals surface area contributed by atoms with Gasteiger partial charge in [-0.3, -0.25) is 24.1 Å². The zero-order chi connectivity index (χ0) is 43.2. The van der Waals surface area contributed by atoms with Crippen LogP contribution in [0.1, 0.15) is 118 Å². The van der Waals surface area contributed by atoms with Crippen LogP contribution in [0.2, 0.25) is 0 Å². The standard InChI is InChI=1S/C48H60N4O7S/c1-7-39(8-2)52(28-12-27-51(4)47(56)32(3)29-42(53)58-5)31-35-13-11-14-37(30-35)44(54)50-46-43(40-15-9-10-16-41(40)60-46)45(55)49-38-25-21-34(22-26-38)18-17-33-19-23-36(24-20-33)48(57)59-6/h11,13-14,19-26,30,32,39H,7-10,12,15-18,27-29,31H2,1-6H3,(H,49,55)(H,50,54)/t32-/m1/s1. The molecule has 320 valence electrons. The van der Waals surface area contributed by atoms with Gasteiger partial charge in [0.2, 0.25) is 5.91 Å². The highest BCUT2D eigenvalue weighted by atomic mass is 32.1. The normalized spacial score (nSPS) is 12.7. The molecule has 0 fully saturated rings. The molecular formula is C48H60N4O7S. The number of rotatable bonds is 20. The van der Waals surface area contributed by atoms with Crippen LogP contribution in [0.25, 0.3) is 0 Å². The van der Waals surface area contributed by atoms with Crippen molar-refractivity contribution in [3.8, 4) is 0 Å². The number of fused-ring (bicyclic) bond motifs is 1. The van der Waals surface area contributed by atoms with Crippen LogP contribution in [-0.4, -0.2) is 79.9 Å². The lowest BCUT2D eigenvalue weighted by Gasteiger charge is -2.31. The lowest BCUT2D eigenvalue weighted by molar-refractivity contribution is -0.146. The van der Waals surface area contributed by atoms with Crippen molar-refractivity contribution in [2.75, 3.05) is 45.0 Å². The number of benzene rings is 3. The lowest BCUT2D eigenvalue weighted by Crippen LogP contribution is -2.38. The van der Waals surface area contributed by atoms with Crippen LogP contribution in [0.4, 0.5) is 10.7 Å². The Hall–Kier alpha value is -5.33. The molecule has 12 heteroatoms. The summed E-state index contributed by atoms with van der Waals surface area (Å²) in [5.41, 5.74) is 6.54. The van der Waals surface area contributed by atoms with E-state index >= 15 is 0 Å². The molecule has 0 spiro atoms. The van der Waals surface area contributed by atoms with Crippen LogP contribution in [0.5, 0.6) is 0 Å². The number of carbonyl (C=O) groups is 5. The molecule has 0 saturated carbocycles. The number of methoxy groups -OCH3 is 2. The largest absolute Gasteiger partial charge is 0.469 e. The predicted molar refractivity (Wildman–Crippen MR) is 238 cm³/mol. The molecule has 0 unspecified atom stereocenters. The van der Waals surface area contributed by atoms with Crippen LogP contribution in [0.15, 0.2) is 72.8 Å². The molecule has 1 heterocycles. The lowest BCUT2D eigenvalue weighted by atomic mass is 9.95. The second kappa shape index (κ2) is 22.3. The Morgan fingerprint density at radius 2 is 1.43 bits per heavy atom. The molecule has 60 heavy (non-hydrogen) atoms. The monoisotopic (exact) mass is 836 g/mol. The molecule has 1 aliphatic rings. The van der Waals surface area contributed by atoms with Gasteiger partial charge in [-0.2, -0.15) is 0 Å².